The number of aromatic nitrogens is 2. The number of anilines is 2. The molecule has 5 heteroatoms. The van der Waals surface area contributed by atoms with Crippen LogP contribution >= 0.6 is 0 Å². The van der Waals surface area contributed by atoms with Crippen molar-refractivity contribution in [3.8, 4) is 0 Å². The van der Waals surface area contributed by atoms with Gasteiger partial charge in [0.25, 0.3) is 0 Å². The third-order valence-corrected chi connectivity index (χ3v) is 2.79. The predicted octanol–water partition coefficient (Wildman–Crippen LogP) is 2.14. The van der Waals surface area contributed by atoms with Gasteiger partial charge >= 0.3 is 0 Å². The number of nitrogens with one attached hydrogen (secondary N) is 2. The third-order valence-electron chi connectivity index (χ3n) is 2.79. The molecule has 1 fully saturated rings. The first-order chi connectivity index (χ1) is 8.88. The average molecular weight is 250 g/mol. The lowest BCUT2D eigenvalue weighted by Gasteiger charge is -2.08. The summed E-state index contributed by atoms with van der Waals surface area (Å²) in [5.74, 6) is 2.44. The van der Waals surface area contributed by atoms with Crippen LogP contribution in [0.4, 0.5) is 11.6 Å². The molecule has 5 nitrogen and oxygen atoms in total. The van der Waals surface area contributed by atoms with E-state index in [4.69, 9.17) is 4.74 Å². The van der Waals surface area contributed by atoms with E-state index >= 15 is 0 Å². The first kappa shape index (κ1) is 13.1. The zero-order valence-electron chi connectivity index (χ0n) is 11.0. The molecule has 0 atom stereocenters. The summed E-state index contributed by atoms with van der Waals surface area (Å²) in [5.41, 5.74) is 0. The van der Waals surface area contributed by atoms with Crippen molar-refractivity contribution < 1.29 is 4.74 Å². The average Bonchev–Trinajstić information content (AvgIpc) is 3.20. The van der Waals surface area contributed by atoms with Gasteiger partial charge in [0.2, 0.25) is 0 Å². The van der Waals surface area contributed by atoms with Crippen LogP contribution in [-0.4, -0.2) is 36.3 Å². The zero-order valence-corrected chi connectivity index (χ0v) is 11.0. The summed E-state index contributed by atoms with van der Waals surface area (Å²) < 4.78 is 5.55. The molecule has 0 unspecified atom stereocenters. The Morgan fingerprint density at radius 2 is 1.94 bits per heavy atom. The van der Waals surface area contributed by atoms with Gasteiger partial charge in [-0.1, -0.05) is 6.92 Å². The number of ether oxygens (including phenoxy) is 1. The molecule has 0 radical (unpaired) electrons. The lowest BCUT2D eigenvalue weighted by molar-refractivity contribution is 0.134. The predicted molar refractivity (Wildman–Crippen MR) is 72.8 cm³/mol. The Labute approximate surface area is 108 Å². The number of rotatable bonds is 9. The van der Waals surface area contributed by atoms with Crippen LogP contribution in [0, 0.1) is 5.92 Å². The number of hydrogen-bond acceptors (Lipinski definition) is 5. The summed E-state index contributed by atoms with van der Waals surface area (Å²) >= 11 is 0. The molecule has 1 heterocycles. The SMILES string of the molecule is CCCNc1cncc(NCCOCC2CC2)n1. The van der Waals surface area contributed by atoms with Gasteiger partial charge in [-0.3, -0.25) is 4.98 Å². The monoisotopic (exact) mass is 250 g/mol. The van der Waals surface area contributed by atoms with Crippen LogP contribution in [0.2, 0.25) is 0 Å². The highest BCUT2D eigenvalue weighted by atomic mass is 16.5. The fraction of sp³-hybridized carbons (Fsp3) is 0.692. The van der Waals surface area contributed by atoms with Crippen molar-refractivity contribution in [2.75, 3.05) is 36.9 Å². The van der Waals surface area contributed by atoms with Crippen molar-refractivity contribution in [2.24, 2.45) is 5.92 Å². The highest BCUT2D eigenvalue weighted by Gasteiger charge is 2.20. The Hall–Kier alpha value is -1.36. The van der Waals surface area contributed by atoms with Gasteiger partial charge in [-0.05, 0) is 25.2 Å². The highest BCUT2D eigenvalue weighted by molar-refractivity contribution is 5.41. The van der Waals surface area contributed by atoms with E-state index in [2.05, 4.69) is 27.5 Å². The van der Waals surface area contributed by atoms with Gasteiger partial charge < -0.3 is 15.4 Å². The minimum Gasteiger partial charge on any atom is -0.379 e. The molecule has 1 aromatic rings. The van der Waals surface area contributed by atoms with E-state index in [0.717, 1.165) is 50.3 Å². The quantitative estimate of drug-likeness (QED) is 0.658. The van der Waals surface area contributed by atoms with E-state index in [-0.39, 0.29) is 0 Å². The molecule has 0 aliphatic heterocycles. The summed E-state index contributed by atoms with van der Waals surface area (Å²) in [4.78, 5) is 8.56. The Morgan fingerprint density at radius 1 is 1.22 bits per heavy atom. The van der Waals surface area contributed by atoms with Gasteiger partial charge in [-0.2, -0.15) is 0 Å². The normalized spacial score (nSPS) is 14.5. The topological polar surface area (TPSA) is 59.1 Å². The molecule has 1 aliphatic rings. The van der Waals surface area contributed by atoms with Gasteiger partial charge in [0, 0.05) is 19.7 Å². The van der Waals surface area contributed by atoms with Crippen molar-refractivity contribution in [2.45, 2.75) is 26.2 Å². The highest BCUT2D eigenvalue weighted by Crippen LogP contribution is 2.28. The standard InChI is InChI=1S/C13H22N4O/c1-2-5-15-12-8-14-9-13(17-12)16-6-7-18-10-11-3-4-11/h8-9,11H,2-7,10H2,1H3,(H2,15,16,17). The van der Waals surface area contributed by atoms with Crippen molar-refractivity contribution in [1.82, 2.24) is 9.97 Å². The maximum atomic E-state index is 5.55. The Bertz CT molecular complexity index is 355. The smallest absolute Gasteiger partial charge is 0.147 e. The van der Waals surface area contributed by atoms with Gasteiger partial charge in [0.05, 0.1) is 19.0 Å². The van der Waals surface area contributed by atoms with Gasteiger partial charge in [0.15, 0.2) is 0 Å². The van der Waals surface area contributed by atoms with Crippen LogP contribution in [0.3, 0.4) is 0 Å². The van der Waals surface area contributed by atoms with Gasteiger partial charge in [-0.25, -0.2) is 4.98 Å². The van der Waals surface area contributed by atoms with Crippen LogP contribution in [0.5, 0.6) is 0 Å². The van der Waals surface area contributed by atoms with Crippen molar-refractivity contribution in [3.05, 3.63) is 12.4 Å². The molecule has 100 valence electrons. The van der Waals surface area contributed by atoms with Crippen molar-refractivity contribution in [1.29, 1.82) is 0 Å². The molecule has 1 saturated carbocycles. The largest absolute Gasteiger partial charge is 0.379 e. The minimum absolute atomic E-state index is 0.727. The fourth-order valence-corrected chi connectivity index (χ4v) is 1.58. The van der Waals surface area contributed by atoms with Crippen molar-refractivity contribution in [3.63, 3.8) is 0 Å². The molecule has 2 rings (SSSR count). The second-order valence-corrected chi connectivity index (χ2v) is 4.66. The molecule has 2 N–H and O–H groups in total. The Balaban J connectivity index is 1.64. The van der Waals surface area contributed by atoms with Crippen molar-refractivity contribution >= 4 is 11.6 Å². The van der Waals surface area contributed by atoms with E-state index in [1.54, 1.807) is 12.4 Å². The molecule has 0 aromatic carbocycles. The lowest BCUT2D eigenvalue weighted by atomic mass is 10.5. The summed E-state index contributed by atoms with van der Waals surface area (Å²) in [6.45, 7) is 5.46. The van der Waals surface area contributed by atoms with E-state index in [1.807, 2.05) is 0 Å². The molecule has 0 bridgehead atoms. The molecule has 1 aliphatic carbocycles. The minimum atomic E-state index is 0.727. The molecule has 0 amide bonds. The number of hydrogen-bond donors (Lipinski definition) is 2. The van der Waals surface area contributed by atoms with Crippen LogP contribution in [-0.2, 0) is 4.74 Å². The van der Waals surface area contributed by atoms with Crippen LogP contribution in [0.1, 0.15) is 26.2 Å². The summed E-state index contributed by atoms with van der Waals surface area (Å²) in [6.07, 6.45) is 7.23. The second kappa shape index (κ2) is 7.16. The summed E-state index contributed by atoms with van der Waals surface area (Å²) in [5, 5.41) is 6.43. The van der Waals surface area contributed by atoms with E-state index in [0.29, 0.717) is 0 Å². The van der Waals surface area contributed by atoms with Crippen LogP contribution in [0.15, 0.2) is 12.4 Å². The Morgan fingerprint density at radius 3 is 2.61 bits per heavy atom. The fourth-order valence-electron chi connectivity index (χ4n) is 1.58. The molecular formula is C13H22N4O. The maximum absolute atomic E-state index is 5.55. The number of nitrogens with zero attached hydrogens (tertiary/aromatic N) is 2. The van der Waals surface area contributed by atoms with Gasteiger partial charge in [-0.15, -0.1) is 0 Å². The molecule has 18 heavy (non-hydrogen) atoms. The van der Waals surface area contributed by atoms with E-state index in [9.17, 15) is 0 Å². The zero-order chi connectivity index (χ0) is 12.6. The van der Waals surface area contributed by atoms with Crippen LogP contribution < -0.4 is 10.6 Å². The molecular weight excluding hydrogens is 228 g/mol. The van der Waals surface area contributed by atoms with Gasteiger partial charge in [0.1, 0.15) is 11.6 Å². The summed E-state index contributed by atoms with van der Waals surface area (Å²) in [6, 6.07) is 0. The molecule has 0 spiro atoms. The molecule has 1 aromatic heterocycles. The second-order valence-electron chi connectivity index (χ2n) is 4.66. The third kappa shape index (κ3) is 4.87. The lowest BCUT2D eigenvalue weighted by Crippen LogP contribution is -2.12. The first-order valence-corrected chi connectivity index (χ1v) is 6.76. The maximum Gasteiger partial charge on any atom is 0.147 e. The first-order valence-electron chi connectivity index (χ1n) is 6.76. The van der Waals surface area contributed by atoms with E-state index in [1.165, 1.54) is 12.8 Å². The van der Waals surface area contributed by atoms with Crippen LogP contribution in [0.25, 0.3) is 0 Å². The summed E-state index contributed by atoms with van der Waals surface area (Å²) in [7, 11) is 0. The molecule has 0 saturated heterocycles. The van der Waals surface area contributed by atoms with E-state index < -0.39 is 0 Å². The Kier molecular flexibility index (Phi) is 5.20.